The van der Waals surface area contributed by atoms with Crippen molar-refractivity contribution in [3.63, 3.8) is 0 Å². The summed E-state index contributed by atoms with van der Waals surface area (Å²) in [5, 5.41) is 15.4. The molecule has 0 spiro atoms. The van der Waals surface area contributed by atoms with Crippen molar-refractivity contribution < 1.29 is 0 Å². The van der Waals surface area contributed by atoms with Gasteiger partial charge in [-0.25, -0.2) is 0 Å². The van der Waals surface area contributed by atoms with Gasteiger partial charge in [-0.05, 0) is 165 Å². The number of aromatic nitrogens is 1. The molecular formula is C67H43NS. The number of nitrogens with zero attached hydrogens (tertiary/aromatic N) is 1. The summed E-state index contributed by atoms with van der Waals surface area (Å²) < 4.78 is 5.09. The molecule has 1 nitrogen and oxygen atoms in total. The minimum absolute atomic E-state index is 0.0843. The summed E-state index contributed by atoms with van der Waals surface area (Å²) in [5.41, 5.74) is 16.5. The molecule has 0 fully saturated rings. The molecule has 0 saturated heterocycles. The molecule has 2 heterocycles. The van der Waals surface area contributed by atoms with Crippen molar-refractivity contribution in [2.75, 3.05) is 0 Å². The Balaban J connectivity index is 0.862. The minimum Gasteiger partial charge on any atom is -0.309 e. The maximum Gasteiger partial charge on any atom is 0.0547 e. The predicted octanol–water partition coefficient (Wildman–Crippen LogP) is 19.1. The molecule has 0 radical (unpaired) electrons. The maximum atomic E-state index is 2.46. The highest BCUT2D eigenvalue weighted by Gasteiger charge is 2.36. The van der Waals surface area contributed by atoms with E-state index in [0.717, 1.165) is 5.69 Å². The Morgan fingerprint density at radius 1 is 0.319 bits per heavy atom. The van der Waals surface area contributed by atoms with Crippen LogP contribution in [0.15, 0.2) is 224 Å². The number of benzene rings is 12. The van der Waals surface area contributed by atoms with Gasteiger partial charge in [0.1, 0.15) is 0 Å². The average Bonchev–Trinajstić information content (AvgIpc) is 4.02. The molecule has 15 rings (SSSR count). The molecule has 2 heteroatoms. The average molecular weight is 894 g/mol. The van der Waals surface area contributed by atoms with Gasteiger partial charge >= 0.3 is 0 Å². The molecule has 322 valence electrons. The van der Waals surface area contributed by atoms with Crippen LogP contribution < -0.4 is 0 Å². The van der Waals surface area contributed by atoms with Gasteiger partial charge in [-0.3, -0.25) is 0 Å². The van der Waals surface area contributed by atoms with Crippen molar-refractivity contribution in [1.29, 1.82) is 0 Å². The van der Waals surface area contributed by atoms with Crippen LogP contribution >= 0.6 is 11.3 Å². The van der Waals surface area contributed by atoms with Gasteiger partial charge in [0.2, 0.25) is 0 Å². The predicted molar refractivity (Wildman–Crippen MR) is 298 cm³/mol. The summed E-state index contributed by atoms with van der Waals surface area (Å²) in [7, 11) is 0. The maximum absolute atomic E-state index is 2.46. The van der Waals surface area contributed by atoms with Crippen LogP contribution in [0.3, 0.4) is 0 Å². The van der Waals surface area contributed by atoms with Gasteiger partial charge in [-0.1, -0.05) is 172 Å². The van der Waals surface area contributed by atoms with Crippen LogP contribution in [-0.4, -0.2) is 4.57 Å². The van der Waals surface area contributed by atoms with Crippen molar-refractivity contribution in [1.82, 2.24) is 4.57 Å². The molecule has 0 amide bonds. The van der Waals surface area contributed by atoms with Gasteiger partial charge in [-0.2, -0.15) is 0 Å². The first-order valence-corrected chi connectivity index (χ1v) is 24.9. The fraction of sp³-hybridized carbons (Fsp3) is 0.0448. The van der Waals surface area contributed by atoms with Crippen LogP contribution in [0.4, 0.5) is 0 Å². The molecular weight excluding hydrogens is 851 g/mol. The summed E-state index contributed by atoms with van der Waals surface area (Å²) in [6.45, 7) is 4.77. The largest absolute Gasteiger partial charge is 0.309 e. The van der Waals surface area contributed by atoms with E-state index < -0.39 is 0 Å². The second-order valence-electron chi connectivity index (χ2n) is 19.6. The minimum atomic E-state index is -0.0843. The molecule has 0 atom stereocenters. The van der Waals surface area contributed by atoms with E-state index in [1.165, 1.54) is 141 Å². The molecule has 12 aromatic carbocycles. The molecule has 1 aliphatic rings. The lowest BCUT2D eigenvalue weighted by molar-refractivity contribution is 0.661. The van der Waals surface area contributed by atoms with Crippen molar-refractivity contribution in [2.24, 2.45) is 0 Å². The molecule has 1 aliphatic carbocycles. The smallest absolute Gasteiger partial charge is 0.0547 e. The zero-order chi connectivity index (χ0) is 45.5. The Bertz CT molecular complexity index is 4510. The highest BCUT2D eigenvalue weighted by molar-refractivity contribution is 7.25. The first-order valence-electron chi connectivity index (χ1n) is 24.1. The SMILES string of the molecule is CC1(C)c2cc(-c3ccc4sc5ccc(-c6ccc7c(c6)c6ccccc6c6cc8c(cc76)c6ccccc6n8-c6cccc(-c7ccccc7)c6)cc5c4c3)ccc2-c2c1ccc1ccccc21. The van der Waals surface area contributed by atoms with Gasteiger partial charge in [0.25, 0.3) is 0 Å². The second-order valence-corrected chi connectivity index (χ2v) is 20.7. The molecule has 0 unspecified atom stereocenters. The van der Waals surface area contributed by atoms with Crippen LogP contribution in [0, 0.1) is 0 Å². The van der Waals surface area contributed by atoms with E-state index in [-0.39, 0.29) is 5.41 Å². The topological polar surface area (TPSA) is 4.93 Å². The number of hydrogen-bond donors (Lipinski definition) is 0. The first-order chi connectivity index (χ1) is 33.9. The van der Waals surface area contributed by atoms with E-state index in [1.54, 1.807) is 0 Å². The molecule has 0 bridgehead atoms. The monoisotopic (exact) mass is 893 g/mol. The van der Waals surface area contributed by atoms with E-state index in [2.05, 4.69) is 243 Å². The van der Waals surface area contributed by atoms with E-state index in [4.69, 9.17) is 0 Å². The van der Waals surface area contributed by atoms with Crippen molar-refractivity contribution in [3.05, 3.63) is 236 Å². The number of hydrogen-bond acceptors (Lipinski definition) is 1. The van der Waals surface area contributed by atoms with Gasteiger partial charge in [0.05, 0.1) is 11.0 Å². The van der Waals surface area contributed by atoms with Gasteiger partial charge in [0.15, 0.2) is 0 Å². The second kappa shape index (κ2) is 14.4. The quantitative estimate of drug-likeness (QED) is 0.155. The van der Waals surface area contributed by atoms with E-state index >= 15 is 0 Å². The van der Waals surface area contributed by atoms with Crippen LogP contribution in [0.25, 0.3) is 135 Å². The van der Waals surface area contributed by atoms with Crippen molar-refractivity contribution in [2.45, 2.75) is 19.3 Å². The van der Waals surface area contributed by atoms with Gasteiger partial charge in [-0.15, -0.1) is 11.3 Å². The Morgan fingerprint density at radius 2 is 0.884 bits per heavy atom. The fourth-order valence-corrected chi connectivity index (χ4v) is 13.2. The number of thiophene rings is 1. The van der Waals surface area contributed by atoms with Crippen LogP contribution in [0.1, 0.15) is 25.0 Å². The lowest BCUT2D eigenvalue weighted by atomic mass is 9.81. The summed E-state index contributed by atoms with van der Waals surface area (Å²) in [6.07, 6.45) is 0. The third kappa shape index (κ3) is 5.64. The van der Waals surface area contributed by atoms with Crippen LogP contribution in [0.5, 0.6) is 0 Å². The van der Waals surface area contributed by atoms with Gasteiger partial charge < -0.3 is 4.57 Å². The number of rotatable bonds is 4. The fourth-order valence-electron chi connectivity index (χ4n) is 12.2. The zero-order valence-corrected chi connectivity index (χ0v) is 39.0. The van der Waals surface area contributed by atoms with Gasteiger partial charge in [0, 0.05) is 42.0 Å². The molecule has 0 aliphatic heterocycles. The lowest BCUT2D eigenvalue weighted by Crippen LogP contribution is -2.15. The normalized spacial score (nSPS) is 13.2. The lowest BCUT2D eigenvalue weighted by Gasteiger charge is -2.22. The standard InChI is InChI=1S/C67H43NS/c1-67(2)60-30-25-41-15-6-7-18-48(41)66(60)53-29-24-46(37-61(53)67)45-27-32-65-59(36-45)58-35-44(26-31-64(58)69-65)43-23-28-51-54(34-43)49-19-8-9-20-50(49)56-39-63-57(38-55(51)56)52-21-10-11-22-62(52)68(63)47-17-12-16-42(33-47)40-13-4-3-5-14-40/h3-39H,1-2H3. The Labute approximate surface area is 403 Å². The third-order valence-electron chi connectivity index (χ3n) is 15.5. The Hall–Kier alpha value is -8.30. The first kappa shape index (κ1) is 38.8. The molecule has 0 saturated carbocycles. The summed E-state index contributed by atoms with van der Waals surface area (Å²) >= 11 is 1.89. The van der Waals surface area contributed by atoms with Crippen molar-refractivity contribution in [3.8, 4) is 50.2 Å². The van der Waals surface area contributed by atoms with Crippen LogP contribution in [-0.2, 0) is 5.41 Å². The highest BCUT2D eigenvalue weighted by atomic mass is 32.1. The summed E-state index contributed by atoms with van der Waals surface area (Å²) in [5.74, 6) is 0. The van der Waals surface area contributed by atoms with E-state index in [0.29, 0.717) is 0 Å². The Kier molecular flexibility index (Phi) is 8.07. The van der Waals surface area contributed by atoms with Crippen LogP contribution in [0.2, 0.25) is 0 Å². The molecule has 69 heavy (non-hydrogen) atoms. The van der Waals surface area contributed by atoms with E-state index in [9.17, 15) is 0 Å². The van der Waals surface area contributed by atoms with Crippen molar-refractivity contribution >= 4 is 96.4 Å². The summed E-state index contributed by atoms with van der Waals surface area (Å²) in [4.78, 5) is 0. The highest BCUT2D eigenvalue weighted by Crippen LogP contribution is 2.52. The number of para-hydroxylation sites is 1. The number of fused-ring (bicyclic) bond motifs is 17. The molecule has 2 aromatic heterocycles. The van der Waals surface area contributed by atoms with E-state index in [1.807, 2.05) is 11.3 Å². The molecule has 14 aromatic rings. The summed E-state index contributed by atoms with van der Waals surface area (Å²) in [6, 6.07) is 84.4. The Morgan fingerprint density at radius 3 is 1.65 bits per heavy atom. The third-order valence-corrected chi connectivity index (χ3v) is 16.7. The zero-order valence-electron chi connectivity index (χ0n) is 38.2. The molecule has 0 N–H and O–H groups in total.